The number of rotatable bonds is 4. The van der Waals surface area contributed by atoms with Crippen molar-refractivity contribution >= 4 is 11.7 Å². The Labute approximate surface area is 112 Å². The third-order valence-electron chi connectivity index (χ3n) is 3.05. The van der Waals surface area contributed by atoms with Crippen molar-refractivity contribution in [3.63, 3.8) is 0 Å². The molecule has 98 valence electrons. The van der Waals surface area contributed by atoms with E-state index < -0.39 is 5.97 Å². The van der Waals surface area contributed by atoms with Gasteiger partial charge in [0.1, 0.15) is 0 Å². The summed E-state index contributed by atoms with van der Waals surface area (Å²) in [5.41, 5.74) is 3.30. The first kappa shape index (κ1) is 13.1. The Morgan fingerprint density at radius 2 is 1.95 bits per heavy atom. The molecule has 19 heavy (non-hydrogen) atoms. The molecule has 1 aromatic heterocycles. The Bertz CT molecular complexity index is 582. The molecule has 4 heteroatoms. The maximum atomic E-state index is 10.9. The third-order valence-corrected chi connectivity index (χ3v) is 3.05. The number of pyridine rings is 1. The Morgan fingerprint density at radius 3 is 2.53 bits per heavy atom. The number of nitrogens with zero attached hydrogens (tertiary/aromatic N) is 1. The van der Waals surface area contributed by atoms with Crippen LogP contribution < -0.4 is 5.32 Å². The van der Waals surface area contributed by atoms with Gasteiger partial charge in [0, 0.05) is 24.1 Å². The van der Waals surface area contributed by atoms with Crippen LogP contribution >= 0.6 is 0 Å². The molecular weight excluding hydrogens is 240 g/mol. The molecule has 0 aliphatic carbocycles. The molecule has 0 fully saturated rings. The summed E-state index contributed by atoms with van der Waals surface area (Å²) in [5.74, 6) is -0.906. The second-order valence-corrected chi connectivity index (χ2v) is 4.48. The average molecular weight is 256 g/mol. The first-order valence-electron chi connectivity index (χ1n) is 6.08. The Hall–Kier alpha value is -2.36. The summed E-state index contributed by atoms with van der Waals surface area (Å²) in [6.45, 7) is 3.95. The minimum Gasteiger partial charge on any atom is -0.478 e. The second kappa shape index (κ2) is 5.52. The molecule has 1 atom stereocenters. The highest BCUT2D eigenvalue weighted by Crippen LogP contribution is 2.22. The molecule has 0 bridgehead atoms. The molecule has 0 aliphatic heterocycles. The smallest absolute Gasteiger partial charge is 0.335 e. The minimum absolute atomic E-state index is 0.136. The van der Waals surface area contributed by atoms with Gasteiger partial charge in [-0.25, -0.2) is 4.79 Å². The van der Waals surface area contributed by atoms with Crippen molar-refractivity contribution in [1.29, 1.82) is 0 Å². The van der Waals surface area contributed by atoms with Crippen LogP contribution in [0, 0.1) is 6.92 Å². The monoisotopic (exact) mass is 256 g/mol. The van der Waals surface area contributed by atoms with Crippen LogP contribution in [0.25, 0.3) is 0 Å². The van der Waals surface area contributed by atoms with Crippen LogP contribution in [0.4, 0.5) is 5.69 Å². The predicted molar refractivity (Wildman–Crippen MR) is 74.4 cm³/mol. The molecule has 0 amide bonds. The van der Waals surface area contributed by atoms with E-state index in [-0.39, 0.29) is 6.04 Å². The summed E-state index contributed by atoms with van der Waals surface area (Å²) in [6.07, 6.45) is 3.52. The van der Waals surface area contributed by atoms with Crippen LogP contribution in [0.5, 0.6) is 0 Å². The highest BCUT2D eigenvalue weighted by atomic mass is 16.4. The fourth-order valence-electron chi connectivity index (χ4n) is 1.93. The van der Waals surface area contributed by atoms with Crippen LogP contribution in [0.15, 0.2) is 42.7 Å². The molecule has 2 N–H and O–H groups in total. The fraction of sp³-hybridized carbons (Fsp3) is 0.200. The fourth-order valence-corrected chi connectivity index (χ4v) is 1.93. The van der Waals surface area contributed by atoms with E-state index in [4.69, 9.17) is 5.11 Å². The van der Waals surface area contributed by atoms with Crippen LogP contribution in [0.3, 0.4) is 0 Å². The predicted octanol–water partition coefficient (Wildman–Crippen LogP) is 3.26. The lowest BCUT2D eigenvalue weighted by molar-refractivity contribution is 0.0697. The van der Waals surface area contributed by atoms with Gasteiger partial charge in [-0.2, -0.15) is 0 Å². The first-order chi connectivity index (χ1) is 9.08. The summed E-state index contributed by atoms with van der Waals surface area (Å²) in [7, 11) is 0. The number of carboxylic acid groups (broad SMARTS) is 1. The van der Waals surface area contributed by atoms with Crippen molar-refractivity contribution in [3.05, 3.63) is 59.4 Å². The standard InChI is InChI=1S/C15H16N2O2/c1-10-9-13(15(18)19)3-4-14(10)17-11(2)12-5-7-16-8-6-12/h3-9,11,17H,1-2H3,(H,18,19). The first-order valence-corrected chi connectivity index (χ1v) is 6.08. The number of anilines is 1. The van der Waals surface area contributed by atoms with Gasteiger partial charge in [0.25, 0.3) is 0 Å². The largest absolute Gasteiger partial charge is 0.478 e. The number of hydrogen-bond acceptors (Lipinski definition) is 3. The normalized spacial score (nSPS) is 11.9. The van der Waals surface area contributed by atoms with E-state index in [1.807, 2.05) is 19.1 Å². The van der Waals surface area contributed by atoms with Gasteiger partial charge in [-0.05, 0) is 55.3 Å². The van der Waals surface area contributed by atoms with Crippen molar-refractivity contribution in [2.75, 3.05) is 5.32 Å². The van der Waals surface area contributed by atoms with E-state index in [0.29, 0.717) is 5.56 Å². The number of aromatic nitrogens is 1. The number of aryl methyl sites for hydroxylation is 1. The van der Waals surface area contributed by atoms with Gasteiger partial charge in [0.05, 0.1) is 5.56 Å². The van der Waals surface area contributed by atoms with Gasteiger partial charge in [-0.1, -0.05) is 0 Å². The number of carbonyl (C=O) groups is 1. The van der Waals surface area contributed by atoms with Crippen molar-refractivity contribution in [2.24, 2.45) is 0 Å². The molecule has 0 saturated carbocycles. The number of aromatic carboxylic acids is 1. The Balaban J connectivity index is 2.18. The van der Waals surface area contributed by atoms with E-state index in [2.05, 4.69) is 17.2 Å². The van der Waals surface area contributed by atoms with E-state index >= 15 is 0 Å². The van der Waals surface area contributed by atoms with Crippen LogP contribution in [-0.4, -0.2) is 16.1 Å². The van der Waals surface area contributed by atoms with E-state index in [9.17, 15) is 4.79 Å². The highest BCUT2D eigenvalue weighted by molar-refractivity contribution is 5.88. The molecule has 2 aromatic rings. The number of hydrogen-bond donors (Lipinski definition) is 2. The van der Waals surface area contributed by atoms with Crippen LogP contribution in [-0.2, 0) is 0 Å². The summed E-state index contributed by atoms with van der Waals surface area (Å²) >= 11 is 0. The maximum absolute atomic E-state index is 10.9. The zero-order chi connectivity index (χ0) is 13.8. The second-order valence-electron chi connectivity index (χ2n) is 4.48. The molecule has 1 unspecified atom stereocenters. The summed E-state index contributed by atoms with van der Waals surface area (Å²) in [6, 6.07) is 9.13. The quantitative estimate of drug-likeness (QED) is 0.881. The molecule has 2 rings (SSSR count). The lowest BCUT2D eigenvalue weighted by Gasteiger charge is -2.17. The molecule has 0 spiro atoms. The van der Waals surface area contributed by atoms with Gasteiger partial charge in [0.15, 0.2) is 0 Å². The van der Waals surface area contributed by atoms with E-state index in [1.54, 1.807) is 30.6 Å². The molecule has 0 radical (unpaired) electrons. The molecule has 0 aliphatic rings. The van der Waals surface area contributed by atoms with Crippen molar-refractivity contribution in [3.8, 4) is 0 Å². The van der Waals surface area contributed by atoms with Crippen LogP contribution in [0.1, 0.15) is 34.5 Å². The van der Waals surface area contributed by atoms with Crippen LogP contribution in [0.2, 0.25) is 0 Å². The van der Waals surface area contributed by atoms with Gasteiger partial charge < -0.3 is 10.4 Å². The average Bonchev–Trinajstić information content (AvgIpc) is 2.41. The maximum Gasteiger partial charge on any atom is 0.335 e. The van der Waals surface area contributed by atoms with Gasteiger partial charge in [0.2, 0.25) is 0 Å². The van der Waals surface area contributed by atoms with Gasteiger partial charge in [-0.15, -0.1) is 0 Å². The van der Waals surface area contributed by atoms with E-state index in [1.165, 1.54) is 0 Å². The zero-order valence-corrected chi connectivity index (χ0v) is 10.9. The lowest BCUT2D eigenvalue weighted by atomic mass is 10.1. The Morgan fingerprint density at radius 1 is 1.26 bits per heavy atom. The minimum atomic E-state index is -0.906. The van der Waals surface area contributed by atoms with Crippen molar-refractivity contribution < 1.29 is 9.90 Å². The SMILES string of the molecule is Cc1cc(C(=O)O)ccc1NC(C)c1ccncc1. The van der Waals surface area contributed by atoms with Gasteiger partial charge in [-0.3, -0.25) is 4.98 Å². The molecule has 1 aromatic carbocycles. The summed E-state index contributed by atoms with van der Waals surface area (Å²) in [5, 5.41) is 12.3. The van der Waals surface area contributed by atoms with Crippen molar-refractivity contribution in [1.82, 2.24) is 4.98 Å². The summed E-state index contributed by atoms with van der Waals surface area (Å²) in [4.78, 5) is 14.9. The zero-order valence-electron chi connectivity index (χ0n) is 10.9. The van der Waals surface area contributed by atoms with Gasteiger partial charge >= 0.3 is 5.97 Å². The molecule has 4 nitrogen and oxygen atoms in total. The number of benzene rings is 1. The lowest BCUT2D eigenvalue weighted by Crippen LogP contribution is -2.08. The van der Waals surface area contributed by atoms with E-state index in [0.717, 1.165) is 16.8 Å². The Kier molecular flexibility index (Phi) is 3.80. The number of carboxylic acids is 1. The van der Waals surface area contributed by atoms with Crippen molar-refractivity contribution in [2.45, 2.75) is 19.9 Å². The highest BCUT2D eigenvalue weighted by Gasteiger charge is 2.09. The number of nitrogens with one attached hydrogen (secondary N) is 1. The molecular formula is C15H16N2O2. The summed E-state index contributed by atoms with van der Waals surface area (Å²) < 4.78 is 0. The molecule has 1 heterocycles. The molecule has 0 saturated heterocycles. The topological polar surface area (TPSA) is 62.2 Å². The third kappa shape index (κ3) is 3.10.